The number of hydrogen-bond donors (Lipinski definition) is 1. The summed E-state index contributed by atoms with van der Waals surface area (Å²) in [5.41, 5.74) is 5.94. The minimum atomic E-state index is -3.76. The number of nitrogens with zero attached hydrogens (tertiary/aromatic N) is 5. The number of rotatable bonds is 7. The third-order valence-corrected chi connectivity index (χ3v) is 11.7. The predicted molar refractivity (Wildman–Crippen MR) is 174 cm³/mol. The Morgan fingerprint density at radius 3 is 2.76 bits per heavy atom. The van der Waals surface area contributed by atoms with Crippen LogP contribution in [0.15, 0.2) is 42.4 Å². The first-order valence-electron chi connectivity index (χ1n) is 17.7. The van der Waals surface area contributed by atoms with Crippen LogP contribution in [0, 0.1) is 23.0 Å². The topological polar surface area (TPSA) is 89.6 Å². The molecule has 4 atom stereocenters. The Kier molecular flexibility index (Phi) is 6.49. The summed E-state index contributed by atoms with van der Waals surface area (Å²) < 4.78 is 101. The average Bonchev–Trinajstić information content (AvgIpc) is 3.96. The van der Waals surface area contributed by atoms with Crippen LogP contribution in [0.25, 0.3) is 32.9 Å². The van der Waals surface area contributed by atoms with Gasteiger partial charge in [0.05, 0.1) is 23.3 Å². The molecule has 2 saturated carbocycles. The van der Waals surface area contributed by atoms with Crippen molar-refractivity contribution in [3.8, 4) is 23.0 Å². The SMILES string of the molecule is [2H]C([2H])(F)Oc1c(F)ccc2cc(N)cc(-c3ncc4c(N5CCCC[C@H]6[C@H](F)[C@H]65)nc(OC[C@]56C/C(=C/F)CN5CCC65CC5)nc4c3F)c12. The van der Waals surface area contributed by atoms with Gasteiger partial charge in [0.1, 0.15) is 32.5 Å². The molecule has 13 heteroatoms. The molecule has 0 amide bonds. The van der Waals surface area contributed by atoms with Crippen molar-refractivity contribution < 1.29 is 34.2 Å². The van der Waals surface area contributed by atoms with Gasteiger partial charge in [-0.25, -0.2) is 22.0 Å². The molecule has 5 fully saturated rings. The quantitative estimate of drug-likeness (QED) is 0.162. The number of anilines is 2. The van der Waals surface area contributed by atoms with Crippen LogP contribution < -0.4 is 20.1 Å². The highest BCUT2D eigenvalue weighted by atomic mass is 19.1. The van der Waals surface area contributed by atoms with Crippen LogP contribution in [0.4, 0.5) is 33.5 Å². The zero-order valence-electron chi connectivity index (χ0n) is 28.5. The van der Waals surface area contributed by atoms with Gasteiger partial charge in [-0.05, 0) is 79.6 Å². The maximum Gasteiger partial charge on any atom is 0.319 e. The summed E-state index contributed by atoms with van der Waals surface area (Å²) in [5.74, 6) is -2.71. The Bertz CT molecular complexity index is 2130. The summed E-state index contributed by atoms with van der Waals surface area (Å²) in [5, 5.41) is 0.288. The van der Waals surface area contributed by atoms with Crippen LogP contribution in [0.3, 0.4) is 0 Å². The summed E-state index contributed by atoms with van der Waals surface area (Å²) in [6, 6.07) is 4.49. The second kappa shape index (κ2) is 11.1. The van der Waals surface area contributed by atoms with Crippen molar-refractivity contribution >= 4 is 33.2 Å². The molecule has 2 aromatic heterocycles. The Labute approximate surface area is 281 Å². The van der Waals surface area contributed by atoms with Gasteiger partial charge in [0.25, 0.3) is 0 Å². The molecule has 3 aliphatic heterocycles. The third kappa shape index (κ3) is 4.60. The van der Waals surface area contributed by atoms with Crippen molar-refractivity contribution in [1.29, 1.82) is 0 Å². The number of nitrogen functional groups attached to an aromatic ring is 1. The Hall–Kier alpha value is -4.26. The molecule has 4 aromatic rings. The van der Waals surface area contributed by atoms with Crippen molar-refractivity contribution in [2.75, 3.05) is 43.7 Å². The first-order chi connectivity index (χ1) is 24.4. The zero-order chi connectivity index (χ0) is 35.4. The maximum atomic E-state index is 17.1. The second-order valence-electron chi connectivity index (χ2n) is 14.2. The van der Waals surface area contributed by atoms with E-state index in [1.54, 1.807) is 0 Å². The van der Waals surface area contributed by atoms with E-state index in [4.69, 9.17) is 22.9 Å². The largest absolute Gasteiger partial charge is 0.461 e. The van der Waals surface area contributed by atoms with Crippen molar-refractivity contribution in [3.05, 3.63) is 54.0 Å². The number of fused-ring (bicyclic) bond motifs is 5. The summed E-state index contributed by atoms with van der Waals surface area (Å²) >= 11 is 0. The van der Waals surface area contributed by atoms with E-state index in [0.29, 0.717) is 31.4 Å². The van der Waals surface area contributed by atoms with Crippen LogP contribution >= 0.6 is 0 Å². The summed E-state index contributed by atoms with van der Waals surface area (Å²) in [6.07, 6.45) is 6.80. The zero-order valence-corrected chi connectivity index (χ0v) is 26.5. The highest BCUT2D eigenvalue weighted by Gasteiger charge is 2.67. The van der Waals surface area contributed by atoms with Crippen molar-refractivity contribution in [2.24, 2.45) is 11.3 Å². The highest BCUT2D eigenvalue weighted by Crippen LogP contribution is 2.66. The highest BCUT2D eigenvalue weighted by molar-refractivity contribution is 6.04. The van der Waals surface area contributed by atoms with E-state index in [0.717, 1.165) is 51.1 Å². The van der Waals surface area contributed by atoms with Gasteiger partial charge in [0.2, 0.25) is 6.81 Å². The molecule has 5 aliphatic rings. The molecule has 2 aliphatic carbocycles. The molecule has 256 valence electrons. The molecule has 49 heavy (non-hydrogen) atoms. The minimum Gasteiger partial charge on any atom is -0.461 e. The number of hydrogen-bond acceptors (Lipinski definition) is 8. The molecule has 5 heterocycles. The maximum absolute atomic E-state index is 17.1. The van der Waals surface area contributed by atoms with E-state index < -0.39 is 41.9 Å². The third-order valence-electron chi connectivity index (χ3n) is 11.7. The lowest BCUT2D eigenvalue weighted by Gasteiger charge is -2.37. The summed E-state index contributed by atoms with van der Waals surface area (Å²) in [4.78, 5) is 17.8. The van der Waals surface area contributed by atoms with Crippen molar-refractivity contribution in [1.82, 2.24) is 19.9 Å². The molecule has 2 aromatic carbocycles. The van der Waals surface area contributed by atoms with Gasteiger partial charge in [-0.3, -0.25) is 9.88 Å². The number of ether oxygens (including phenoxy) is 2. The summed E-state index contributed by atoms with van der Waals surface area (Å²) in [6.45, 7) is -1.81. The first-order valence-corrected chi connectivity index (χ1v) is 16.7. The molecular formula is C36H35F5N6O2. The fraction of sp³-hybridized carbons (Fsp3) is 0.472. The summed E-state index contributed by atoms with van der Waals surface area (Å²) in [7, 11) is 0. The number of alkyl halides is 2. The molecular weight excluding hydrogens is 643 g/mol. The molecule has 9 rings (SSSR count). The number of pyridine rings is 1. The molecule has 0 bridgehead atoms. The smallest absolute Gasteiger partial charge is 0.319 e. The molecule has 1 spiro atoms. The van der Waals surface area contributed by atoms with Crippen LogP contribution in [-0.4, -0.2) is 70.7 Å². The number of nitrogens with two attached hydrogens (primary N) is 1. The Morgan fingerprint density at radius 1 is 1.10 bits per heavy atom. The molecule has 0 unspecified atom stereocenters. The predicted octanol–water partition coefficient (Wildman–Crippen LogP) is 7.20. The molecule has 3 saturated heterocycles. The van der Waals surface area contributed by atoms with Crippen molar-refractivity contribution in [3.63, 3.8) is 0 Å². The monoisotopic (exact) mass is 680 g/mol. The fourth-order valence-electron chi connectivity index (χ4n) is 9.11. The van der Waals surface area contributed by atoms with E-state index in [9.17, 15) is 8.78 Å². The van der Waals surface area contributed by atoms with E-state index in [-0.39, 0.29) is 68.4 Å². The Morgan fingerprint density at radius 2 is 1.96 bits per heavy atom. The van der Waals surface area contributed by atoms with Gasteiger partial charge in [-0.15, -0.1) is 0 Å². The second-order valence-corrected chi connectivity index (χ2v) is 14.2. The van der Waals surface area contributed by atoms with Gasteiger partial charge < -0.3 is 20.1 Å². The van der Waals surface area contributed by atoms with Crippen LogP contribution in [0.1, 0.15) is 47.7 Å². The lowest BCUT2D eigenvalue weighted by Crippen LogP contribution is -2.49. The number of aromatic nitrogens is 3. The number of benzene rings is 2. The van der Waals surface area contributed by atoms with Gasteiger partial charge in [-0.2, -0.15) is 9.97 Å². The average molecular weight is 681 g/mol. The van der Waals surface area contributed by atoms with Gasteiger partial charge in [-0.1, -0.05) is 12.5 Å². The molecule has 0 radical (unpaired) electrons. The van der Waals surface area contributed by atoms with Crippen molar-refractivity contribution in [2.45, 2.75) is 62.7 Å². The van der Waals surface area contributed by atoms with Crippen LogP contribution in [0.5, 0.6) is 11.8 Å². The fourth-order valence-corrected chi connectivity index (χ4v) is 9.11. The van der Waals surface area contributed by atoms with E-state index in [1.807, 2.05) is 4.90 Å². The van der Waals surface area contributed by atoms with Gasteiger partial charge >= 0.3 is 6.01 Å². The van der Waals surface area contributed by atoms with Crippen LogP contribution in [-0.2, 0) is 0 Å². The lowest BCUT2D eigenvalue weighted by molar-refractivity contribution is 0.0649. The first kappa shape index (κ1) is 28.6. The molecule has 8 nitrogen and oxygen atoms in total. The lowest BCUT2D eigenvalue weighted by atomic mass is 9.80. The normalized spacial score (nSPS) is 28.8. The van der Waals surface area contributed by atoms with Crippen LogP contribution in [0.2, 0.25) is 0 Å². The van der Waals surface area contributed by atoms with Gasteiger partial charge in [0.15, 0.2) is 17.4 Å². The van der Waals surface area contributed by atoms with E-state index >= 15 is 13.2 Å². The standard InChI is InChI=1S/C36H35F5N6O2/c37-14-19-13-36(35(6-7-35)8-10-46(36)16-19)17-48-34-44-30-24(33(45-34)47-9-2-1-3-22-27(40)31(22)47)15-43-29(28(30)41)23-12-21(42)11-20-4-5-25(39)32(26(20)23)49-18-38/h4-5,11-12,14-15,22,27,31H,1-3,6-10,13,16-18,42H2/b19-14-/t22-,27-,31-,36-/m0/s1/i18D2. The number of halogens is 5. The minimum absolute atomic E-state index is 0.00804. The Balaban J connectivity index is 1.20. The van der Waals surface area contributed by atoms with E-state index in [1.165, 1.54) is 24.4 Å². The van der Waals surface area contributed by atoms with E-state index in [2.05, 4.69) is 14.9 Å². The van der Waals surface area contributed by atoms with Gasteiger partial charge in [0, 0.05) is 41.8 Å². The molecule has 2 N–H and O–H groups in total.